The standard InChI is InChI=1S/C16H21N3O4/c1-10-8-14(20)18-19-15(10)12-5-4-11(9-13(12)23-3)16(21)17-6-7-22-2/h4-5,9-10H,6-8H2,1-3H3,(H,17,21)(H,18,20). The van der Waals surface area contributed by atoms with Crippen LogP contribution in [0.4, 0.5) is 0 Å². The summed E-state index contributed by atoms with van der Waals surface area (Å²) in [6.07, 6.45) is 0.376. The molecule has 1 heterocycles. The van der Waals surface area contributed by atoms with E-state index >= 15 is 0 Å². The first-order chi connectivity index (χ1) is 11.1. The van der Waals surface area contributed by atoms with Crippen LogP contribution in [0.5, 0.6) is 5.75 Å². The highest BCUT2D eigenvalue weighted by atomic mass is 16.5. The van der Waals surface area contributed by atoms with Crippen LogP contribution in [-0.4, -0.2) is 44.9 Å². The third-order valence-corrected chi connectivity index (χ3v) is 3.59. The van der Waals surface area contributed by atoms with Crippen LogP contribution in [0.1, 0.15) is 29.3 Å². The van der Waals surface area contributed by atoms with Gasteiger partial charge in [0, 0.05) is 37.1 Å². The van der Waals surface area contributed by atoms with Gasteiger partial charge in [-0.2, -0.15) is 5.10 Å². The van der Waals surface area contributed by atoms with Crippen molar-refractivity contribution in [2.24, 2.45) is 11.0 Å². The van der Waals surface area contributed by atoms with Gasteiger partial charge in [-0.15, -0.1) is 0 Å². The first kappa shape index (κ1) is 17.0. The molecule has 1 aromatic carbocycles. The zero-order valence-electron chi connectivity index (χ0n) is 13.5. The quantitative estimate of drug-likeness (QED) is 0.764. The van der Waals surface area contributed by atoms with Gasteiger partial charge in [0.05, 0.1) is 19.4 Å². The zero-order valence-corrected chi connectivity index (χ0v) is 13.5. The van der Waals surface area contributed by atoms with Gasteiger partial charge in [-0.3, -0.25) is 9.59 Å². The van der Waals surface area contributed by atoms with Crippen molar-refractivity contribution in [3.8, 4) is 5.75 Å². The van der Waals surface area contributed by atoms with Crippen molar-refractivity contribution in [2.75, 3.05) is 27.4 Å². The lowest BCUT2D eigenvalue weighted by Crippen LogP contribution is -2.32. The van der Waals surface area contributed by atoms with Gasteiger partial charge in [0.2, 0.25) is 5.91 Å². The normalized spacial score (nSPS) is 17.3. The minimum atomic E-state index is -0.196. The molecule has 0 aliphatic carbocycles. The Morgan fingerprint density at radius 1 is 1.43 bits per heavy atom. The van der Waals surface area contributed by atoms with Crippen molar-refractivity contribution in [1.29, 1.82) is 0 Å². The molecule has 2 N–H and O–H groups in total. The lowest BCUT2D eigenvalue weighted by atomic mass is 9.93. The van der Waals surface area contributed by atoms with Gasteiger partial charge in [-0.1, -0.05) is 6.92 Å². The third-order valence-electron chi connectivity index (χ3n) is 3.59. The number of amides is 2. The Labute approximate surface area is 135 Å². The fourth-order valence-corrected chi connectivity index (χ4v) is 2.39. The van der Waals surface area contributed by atoms with E-state index in [0.717, 1.165) is 11.3 Å². The van der Waals surface area contributed by atoms with E-state index in [1.165, 1.54) is 7.11 Å². The largest absolute Gasteiger partial charge is 0.496 e. The summed E-state index contributed by atoms with van der Waals surface area (Å²) < 4.78 is 10.3. The Kier molecular flexibility index (Phi) is 5.70. The van der Waals surface area contributed by atoms with E-state index in [2.05, 4.69) is 15.8 Å². The number of hydrogen-bond donors (Lipinski definition) is 2. The van der Waals surface area contributed by atoms with Crippen molar-refractivity contribution in [3.63, 3.8) is 0 Å². The third kappa shape index (κ3) is 4.07. The fourth-order valence-electron chi connectivity index (χ4n) is 2.39. The molecule has 1 aromatic rings. The van der Waals surface area contributed by atoms with Gasteiger partial charge < -0.3 is 14.8 Å². The highest BCUT2D eigenvalue weighted by Crippen LogP contribution is 2.26. The molecule has 0 bridgehead atoms. The molecule has 0 spiro atoms. The van der Waals surface area contributed by atoms with E-state index in [1.807, 2.05) is 6.92 Å². The summed E-state index contributed by atoms with van der Waals surface area (Å²) in [5.41, 5.74) is 4.49. The molecule has 2 rings (SSSR count). The summed E-state index contributed by atoms with van der Waals surface area (Å²) in [6, 6.07) is 5.17. The summed E-state index contributed by atoms with van der Waals surface area (Å²) >= 11 is 0. The molecule has 23 heavy (non-hydrogen) atoms. The number of rotatable bonds is 6. The molecule has 7 nitrogen and oxygen atoms in total. The Bertz CT molecular complexity index is 628. The maximum Gasteiger partial charge on any atom is 0.251 e. The molecule has 1 aliphatic rings. The van der Waals surface area contributed by atoms with E-state index in [0.29, 0.717) is 30.9 Å². The summed E-state index contributed by atoms with van der Waals surface area (Å²) in [7, 11) is 3.12. The number of ether oxygens (including phenoxy) is 2. The number of hydrazone groups is 1. The Morgan fingerprint density at radius 3 is 2.87 bits per heavy atom. The minimum absolute atomic E-state index is 0.0148. The van der Waals surface area contributed by atoms with Crippen LogP contribution in [0.3, 0.4) is 0 Å². The van der Waals surface area contributed by atoms with Gasteiger partial charge in [-0.05, 0) is 18.2 Å². The van der Waals surface area contributed by atoms with Crippen LogP contribution in [0.15, 0.2) is 23.3 Å². The van der Waals surface area contributed by atoms with Crippen molar-refractivity contribution < 1.29 is 19.1 Å². The molecule has 0 saturated heterocycles. The Balaban J connectivity index is 2.23. The van der Waals surface area contributed by atoms with Crippen molar-refractivity contribution in [1.82, 2.24) is 10.7 Å². The summed E-state index contributed by atoms with van der Waals surface area (Å²) in [5.74, 6) is 0.235. The molecule has 0 fully saturated rings. The summed E-state index contributed by atoms with van der Waals surface area (Å²) in [6.45, 7) is 2.83. The predicted octanol–water partition coefficient (Wildman–Crippen LogP) is 0.931. The second-order valence-corrected chi connectivity index (χ2v) is 5.30. The average Bonchev–Trinajstić information content (AvgIpc) is 2.54. The lowest BCUT2D eigenvalue weighted by molar-refractivity contribution is -0.121. The van der Waals surface area contributed by atoms with Crippen molar-refractivity contribution in [3.05, 3.63) is 29.3 Å². The number of carbonyl (C=O) groups excluding carboxylic acids is 2. The van der Waals surface area contributed by atoms with Crippen molar-refractivity contribution in [2.45, 2.75) is 13.3 Å². The van der Waals surface area contributed by atoms with Gasteiger partial charge in [-0.25, -0.2) is 5.43 Å². The zero-order chi connectivity index (χ0) is 16.8. The Hall–Kier alpha value is -2.41. The second kappa shape index (κ2) is 7.73. The first-order valence-corrected chi connectivity index (χ1v) is 7.38. The van der Waals surface area contributed by atoms with Crippen LogP contribution in [0.25, 0.3) is 0 Å². The first-order valence-electron chi connectivity index (χ1n) is 7.38. The monoisotopic (exact) mass is 319 g/mol. The number of nitrogens with one attached hydrogen (secondary N) is 2. The van der Waals surface area contributed by atoms with E-state index in [4.69, 9.17) is 9.47 Å². The number of carbonyl (C=O) groups is 2. The molecule has 2 amide bonds. The minimum Gasteiger partial charge on any atom is -0.496 e. The smallest absolute Gasteiger partial charge is 0.251 e. The lowest BCUT2D eigenvalue weighted by Gasteiger charge is -2.21. The average molecular weight is 319 g/mol. The van der Waals surface area contributed by atoms with Crippen molar-refractivity contribution >= 4 is 17.5 Å². The number of nitrogens with zero attached hydrogens (tertiary/aromatic N) is 1. The van der Waals surface area contributed by atoms with Gasteiger partial charge in [0.1, 0.15) is 5.75 Å². The number of methoxy groups -OCH3 is 2. The number of hydrogen-bond acceptors (Lipinski definition) is 5. The second-order valence-electron chi connectivity index (χ2n) is 5.30. The molecule has 0 aromatic heterocycles. The maximum atomic E-state index is 12.1. The predicted molar refractivity (Wildman–Crippen MR) is 85.7 cm³/mol. The summed E-state index contributed by atoms with van der Waals surface area (Å²) in [5, 5.41) is 6.88. The van der Waals surface area contributed by atoms with Crippen LogP contribution in [-0.2, 0) is 9.53 Å². The molecule has 0 radical (unpaired) electrons. The van der Waals surface area contributed by atoms with Gasteiger partial charge >= 0.3 is 0 Å². The van der Waals surface area contributed by atoms with Crippen LogP contribution >= 0.6 is 0 Å². The molecule has 0 saturated carbocycles. The topological polar surface area (TPSA) is 89.0 Å². The molecule has 7 heteroatoms. The summed E-state index contributed by atoms with van der Waals surface area (Å²) in [4.78, 5) is 23.4. The SMILES string of the molecule is COCCNC(=O)c1ccc(C2=NNC(=O)CC2C)c(OC)c1. The van der Waals surface area contributed by atoms with E-state index in [9.17, 15) is 9.59 Å². The van der Waals surface area contributed by atoms with Gasteiger partial charge in [0.25, 0.3) is 5.91 Å². The molecular formula is C16H21N3O4. The Morgan fingerprint density at radius 2 is 2.22 bits per heavy atom. The maximum absolute atomic E-state index is 12.1. The van der Waals surface area contributed by atoms with E-state index in [1.54, 1.807) is 25.3 Å². The van der Waals surface area contributed by atoms with Crippen LogP contribution < -0.4 is 15.5 Å². The number of benzene rings is 1. The highest BCUT2D eigenvalue weighted by Gasteiger charge is 2.24. The molecule has 1 aliphatic heterocycles. The van der Waals surface area contributed by atoms with Crippen LogP contribution in [0, 0.1) is 5.92 Å². The molecule has 1 atom stereocenters. The van der Waals surface area contributed by atoms with E-state index < -0.39 is 0 Å². The molecule has 1 unspecified atom stereocenters. The fraction of sp³-hybridized carbons (Fsp3) is 0.438. The van der Waals surface area contributed by atoms with Gasteiger partial charge in [0.15, 0.2) is 0 Å². The highest BCUT2D eigenvalue weighted by molar-refractivity contribution is 6.08. The van der Waals surface area contributed by atoms with Crippen LogP contribution in [0.2, 0.25) is 0 Å². The molecule has 124 valence electrons. The molecular weight excluding hydrogens is 298 g/mol. The van der Waals surface area contributed by atoms with E-state index in [-0.39, 0.29) is 17.7 Å².